The first-order valence-corrected chi connectivity index (χ1v) is 12.2. The van der Waals surface area contributed by atoms with Gasteiger partial charge in [0.05, 0.1) is 21.4 Å². The van der Waals surface area contributed by atoms with Gasteiger partial charge in [-0.25, -0.2) is 9.96 Å². The molecule has 2 aliphatic rings. The fourth-order valence-electron chi connectivity index (χ4n) is 4.77. The summed E-state index contributed by atoms with van der Waals surface area (Å²) in [6.07, 6.45) is -0.970. The maximum Gasteiger partial charge on any atom is 0.266 e. The van der Waals surface area contributed by atoms with Crippen molar-refractivity contribution in [1.82, 2.24) is 0 Å². The zero-order chi connectivity index (χ0) is 25.0. The van der Waals surface area contributed by atoms with Gasteiger partial charge in [0.1, 0.15) is 23.5 Å². The molecular formula is C28H20Cl2N2O4. The topological polar surface area (TPSA) is 63.0 Å². The Balaban J connectivity index is 1.41. The Kier molecular flexibility index (Phi) is 5.60. The van der Waals surface area contributed by atoms with Crippen LogP contribution in [0, 0.1) is 12.8 Å². The van der Waals surface area contributed by atoms with Crippen molar-refractivity contribution in [1.29, 1.82) is 0 Å². The van der Waals surface area contributed by atoms with Crippen LogP contribution < -0.4 is 9.96 Å². The minimum atomic E-state index is -0.970. The number of anilines is 2. The van der Waals surface area contributed by atoms with E-state index >= 15 is 0 Å². The number of halogens is 2. The molecule has 1 aromatic heterocycles. The molecule has 2 saturated heterocycles. The number of carbonyl (C=O) groups is 2. The molecule has 8 heteroatoms. The van der Waals surface area contributed by atoms with E-state index in [-0.39, 0.29) is 5.91 Å². The van der Waals surface area contributed by atoms with Gasteiger partial charge in [-0.3, -0.25) is 14.4 Å². The molecule has 3 aromatic carbocycles. The first-order chi connectivity index (χ1) is 17.4. The van der Waals surface area contributed by atoms with E-state index in [9.17, 15) is 9.59 Å². The van der Waals surface area contributed by atoms with Crippen LogP contribution in [0.15, 0.2) is 89.3 Å². The maximum absolute atomic E-state index is 13.7. The molecule has 0 saturated carbocycles. The van der Waals surface area contributed by atoms with Crippen molar-refractivity contribution >= 4 is 46.4 Å². The largest absolute Gasteiger partial charge is 0.459 e. The van der Waals surface area contributed by atoms with Crippen molar-refractivity contribution in [2.75, 3.05) is 9.96 Å². The number of carbonyl (C=O) groups excluding carboxylic acids is 2. The van der Waals surface area contributed by atoms with Gasteiger partial charge in [-0.15, -0.1) is 0 Å². The average molecular weight is 519 g/mol. The molecule has 2 fully saturated rings. The fourth-order valence-corrected chi connectivity index (χ4v) is 5.06. The molecule has 180 valence electrons. The third-order valence-electron chi connectivity index (χ3n) is 6.54. The molecule has 3 heterocycles. The molecule has 2 amide bonds. The van der Waals surface area contributed by atoms with Gasteiger partial charge < -0.3 is 4.42 Å². The summed E-state index contributed by atoms with van der Waals surface area (Å²) in [7, 11) is 0. The number of rotatable bonds is 4. The van der Waals surface area contributed by atoms with Gasteiger partial charge >= 0.3 is 0 Å². The second-order valence-electron chi connectivity index (χ2n) is 8.84. The number of aryl methyl sites for hydroxylation is 1. The van der Waals surface area contributed by atoms with Crippen LogP contribution in [0.25, 0.3) is 11.3 Å². The van der Waals surface area contributed by atoms with E-state index < -0.39 is 24.0 Å². The summed E-state index contributed by atoms with van der Waals surface area (Å²) in [5.74, 6) is -0.448. The normalized spacial score (nSPS) is 21.4. The highest BCUT2D eigenvalue weighted by atomic mass is 35.5. The van der Waals surface area contributed by atoms with Gasteiger partial charge in [0.15, 0.2) is 6.10 Å². The summed E-state index contributed by atoms with van der Waals surface area (Å²) in [4.78, 5) is 34.5. The smallest absolute Gasteiger partial charge is 0.266 e. The monoisotopic (exact) mass is 518 g/mol. The van der Waals surface area contributed by atoms with Gasteiger partial charge in [0.25, 0.3) is 5.91 Å². The van der Waals surface area contributed by atoms with E-state index in [0.29, 0.717) is 32.9 Å². The van der Waals surface area contributed by atoms with Gasteiger partial charge in [0.2, 0.25) is 5.91 Å². The van der Waals surface area contributed by atoms with Crippen LogP contribution in [0.5, 0.6) is 0 Å². The molecular weight excluding hydrogens is 499 g/mol. The first kappa shape index (κ1) is 22.9. The standard InChI is InChI=1S/C28H20Cl2N2O4/c1-16-7-10-18(11-8-16)31-27(33)24-25(32(36-26(24)28(31)34)19-5-3-2-4-6-19)23-14-13-22(35-23)17-9-12-20(29)21(30)15-17/h2-15,24-26H,1H3. The van der Waals surface area contributed by atoms with Crippen LogP contribution in [-0.4, -0.2) is 17.9 Å². The summed E-state index contributed by atoms with van der Waals surface area (Å²) < 4.78 is 6.24. The molecule has 3 unspecified atom stereocenters. The van der Waals surface area contributed by atoms with Crippen LogP contribution in [-0.2, 0) is 14.4 Å². The Morgan fingerprint density at radius 2 is 1.53 bits per heavy atom. The lowest BCUT2D eigenvalue weighted by Crippen LogP contribution is -2.37. The predicted octanol–water partition coefficient (Wildman–Crippen LogP) is 6.61. The van der Waals surface area contributed by atoms with E-state index in [1.165, 1.54) is 4.90 Å². The van der Waals surface area contributed by atoms with E-state index in [1.807, 2.05) is 61.5 Å². The van der Waals surface area contributed by atoms with Gasteiger partial charge in [0, 0.05) is 5.56 Å². The average Bonchev–Trinajstić information content (AvgIpc) is 3.58. The molecule has 36 heavy (non-hydrogen) atoms. The number of furan rings is 1. The van der Waals surface area contributed by atoms with Crippen LogP contribution in [0.2, 0.25) is 10.0 Å². The number of amides is 2. The van der Waals surface area contributed by atoms with E-state index in [0.717, 1.165) is 11.1 Å². The molecule has 0 radical (unpaired) electrons. The van der Waals surface area contributed by atoms with Crippen LogP contribution in [0.1, 0.15) is 17.4 Å². The minimum Gasteiger partial charge on any atom is -0.459 e. The Labute approximate surface area is 217 Å². The second-order valence-corrected chi connectivity index (χ2v) is 9.65. The lowest BCUT2D eigenvalue weighted by Gasteiger charge is -2.27. The van der Waals surface area contributed by atoms with Crippen molar-refractivity contribution in [2.45, 2.75) is 19.1 Å². The Hall–Kier alpha value is -3.58. The number of nitrogens with zero attached hydrogens (tertiary/aromatic N) is 2. The van der Waals surface area contributed by atoms with E-state index in [1.54, 1.807) is 35.4 Å². The number of para-hydroxylation sites is 1. The van der Waals surface area contributed by atoms with Crippen molar-refractivity contribution in [3.63, 3.8) is 0 Å². The van der Waals surface area contributed by atoms with Crippen molar-refractivity contribution in [3.8, 4) is 11.3 Å². The summed E-state index contributed by atoms with van der Waals surface area (Å²) in [6.45, 7) is 1.95. The van der Waals surface area contributed by atoms with Gasteiger partial charge in [-0.2, -0.15) is 0 Å². The highest BCUT2D eigenvalue weighted by molar-refractivity contribution is 6.42. The zero-order valence-electron chi connectivity index (χ0n) is 19.1. The number of fused-ring (bicyclic) bond motifs is 1. The molecule has 6 rings (SSSR count). The minimum absolute atomic E-state index is 0.329. The molecule has 0 aliphatic carbocycles. The van der Waals surface area contributed by atoms with Gasteiger partial charge in [-0.05, 0) is 61.5 Å². The lowest BCUT2D eigenvalue weighted by atomic mass is 9.94. The molecule has 0 spiro atoms. The lowest BCUT2D eigenvalue weighted by molar-refractivity contribution is -0.126. The van der Waals surface area contributed by atoms with E-state index in [2.05, 4.69) is 0 Å². The SMILES string of the molecule is Cc1ccc(N2C(=O)C3ON(c4ccccc4)C(c4ccc(-c5ccc(Cl)c(Cl)c5)o4)C3C2=O)cc1. The number of hydrogen-bond donors (Lipinski definition) is 0. The Morgan fingerprint density at radius 1 is 0.778 bits per heavy atom. The number of hydrogen-bond acceptors (Lipinski definition) is 5. The van der Waals surface area contributed by atoms with Gasteiger partial charge in [-0.1, -0.05) is 59.1 Å². The highest BCUT2D eigenvalue weighted by Crippen LogP contribution is 2.48. The van der Waals surface area contributed by atoms with Crippen LogP contribution in [0.4, 0.5) is 11.4 Å². The zero-order valence-corrected chi connectivity index (χ0v) is 20.6. The Morgan fingerprint density at radius 3 is 2.25 bits per heavy atom. The molecule has 3 atom stereocenters. The molecule has 2 aliphatic heterocycles. The first-order valence-electron chi connectivity index (χ1n) is 11.4. The van der Waals surface area contributed by atoms with Crippen LogP contribution in [0.3, 0.4) is 0 Å². The number of hydroxylamine groups is 1. The van der Waals surface area contributed by atoms with Crippen LogP contribution >= 0.6 is 23.2 Å². The molecule has 0 N–H and O–H groups in total. The maximum atomic E-state index is 13.7. The van der Waals surface area contributed by atoms with Crippen molar-refractivity contribution in [3.05, 3.63) is 106 Å². The number of benzene rings is 3. The Bertz CT molecular complexity index is 1470. The third kappa shape index (κ3) is 3.69. The molecule has 0 bridgehead atoms. The quantitative estimate of drug-likeness (QED) is 0.284. The predicted molar refractivity (Wildman–Crippen MR) is 138 cm³/mol. The van der Waals surface area contributed by atoms with Crippen molar-refractivity contribution in [2.24, 2.45) is 5.92 Å². The highest BCUT2D eigenvalue weighted by Gasteiger charge is 2.61. The molecule has 4 aromatic rings. The third-order valence-corrected chi connectivity index (χ3v) is 7.28. The fraction of sp³-hybridized carbons (Fsp3) is 0.143. The summed E-state index contributed by atoms with van der Waals surface area (Å²) in [6, 6.07) is 24.8. The molecule has 6 nitrogen and oxygen atoms in total. The second kappa shape index (κ2) is 8.82. The number of imide groups is 1. The van der Waals surface area contributed by atoms with E-state index in [4.69, 9.17) is 32.5 Å². The summed E-state index contributed by atoms with van der Waals surface area (Å²) in [5, 5.41) is 2.46. The van der Waals surface area contributed by atoms with Crippen molar-refractivity contribution < 1.29 is 18.8 Å². The summed E-state index contributed by atoms with van der Waals surface area (Å²) >= 11 is 12.3. The summed E-state index contributed by atoms with van der Waals surface area (Å²) in [5.41, 5.74) is 3.02.